The third-order valence-corrected chi connectivity index (χ3v) is 4.11. The van der Waals surface area contributed by atoms with Gasteiger partial charge < -0.3 is 10.5 Å². The van der Waals surface area contributed by atoms with Crippen molar-refractivity contribution in [3.05, 3.63) is 30.1 Å². The molecule has 0 spiro atoms. The molecular weight excluding hydrogens is 250 g/mol. The van der Waals surface area contributed by atoms with E-state index in [4.69, 9.17) is 10.5 Å². The van der Waals surface area contributed by atoms with E-state index in [9.17, 15) is 0 Å². The molecule has 2 N–H and O–H groups in total. The minimum Gasteiger partial charge on any atom is -0.377 e. The molecule has 4 heteroatoms. The second-order valence-electron chi connectivity index (χ2n) is 5.52. The Balaban J connectivity index is 2.14. The molecule has 0 radical (unpaired) electrons. The molecule has 1 aliphatic rings. The van der Waals surface area contributed by atoms with E-state index in [1.807, 2.05) is 18.5 Å². The number of likely N-dealkylation sites (tertiary alicyclic amines) is 1. The molecule has 112 valence electrons. The van der Waals surface area contributed by atoms with Crippen molar-refractivity contribution in [1.29, 1.82) is 0 Å². The van der Waals surface area contributed by atoms with Gasteiger partial charge in [0.1, 0.15) is 0 Å². The molecule has 1 fully saturated rings. The first-order valence-corrected chi connectivity index (χ1v) is 7.77. The third-order valence-electron chi connectivity index (χ3n) is 4.11. The fourth-order valence-electron chi connectivity index (χ4n) is 3.09. The van der Waals surface area contributed by atoms with E-state index in [-0.39, 0.29) is 12.1 Å². The van der Waals surface area contributed by atoms with Crippen molar-refractivity contribution in [2.24, 2.45) is 5.73 Å². The maximum absolute atomic E-state index is 6.39. The Morgan fingerprint density at radius 3 is 3.00 bits per heavy atom. The first-order valence-electron chi connectivity index (χ1n) is 7.77. The number of aromatic nitrogens is 1. The van der Waals surface area contributed by atoms with Gasteiger partial charge in [0, 0.05) is 31.6 Å². The highest BCUT2D eigenvalue weighted by molar-refractivity contribution is 5.16. The molecule has 20 heavy (non-hydrogen) atoms. The van der Waals surface area contributed by atoms with E-state index < -0.39 is 0 Å². The third kappa shape index (κ3) is 3.78. The predicted molar refractivity (Wildman–Crippen MR) is 81.5 cm³/mol. The van der Waals surface area contributed by atoms with Gasteiger partial charge >= 0.3 is 0 Å². The first kappa shape index (κ1) is 15.4. The first-order chi connectivity index (χ1) is 9.76. The van der Waals surface area contributed by atoms with E-state index in [0.29, 0.717) is 6.10 Å². The Labute approximate surface area is 122 Å². The summed E-state index contributed by atoms with van der Waals surface area (Å²) in [5, 5.41) is 0. The Morgan fingerprint density at radius 2 is 2.35 bits per heavy atom. The van der Waals surface area contributed by atoms with Gasteiger partial charge in [-0.1, -0.05) is 13.0 Å². The minimum absolute atomic E-state index is 0.138. The van der Waals surface area contributed by atoms with Crippen LogP contribution in [0.25, 0.3) is 0 Å². The van der Waals surface area contributed by atoms with Crippen LogP contribution in [0, 0.1) is 0 Å². The minimum atomic E-state index is 0.138. The summed E-state index contributed by atoms with van der Waals surface area (Å²) in [6, 6.07) is 4.52. The summed E-state index contributed by atoms with van der Waals surface area (Å²) in [6.45, 7) is 7.07. The number of nitrogens with two attached hydrogens (primary N) is 1. The molecule has 2 rings (SSSR count). The fraction of sp³-hybridized carbons (Fsp3) is 0.688. The zero-order chi connectivity index (χ0) is 14.4. The van der Waals surface area contributed by atoms with Gasteiger partial charge in [-0.05, 0) is 44.4 Å². The smallest absolute Gasteiger partial charge is 0.0702 e. The van der Waals surface area contributed by atoms with Crippen LogP contribution in [0.5, 0.6) is 0 Å². The van der Waals surface area contributed by atoms with Gasteiger partial charge in [0.25, 0.3) is 0 Å². The number of ether oxygens (including phenoxy) is 1. The molecule has 0 amide bonds. The number of pyridine rings is 1. The number of rotatable bonds is 6. The lowest BCUT2D eigenvalue weighted by Crippen LogP contribution is -2.47. The molecule has 1 saturated heterocycles. The van der Waals surface area contributed by atoms with E-state index in [1.54, 1.807) is 0 Å². The summed E-state index contributed by atoms with van der Waals surface area (Å²) in [5.41, 5.74) is 7.61. The Bertz CT molecular complexity index is 383. The lowest BCUT2D eigenvalue weighted by atomic mass is 9.95. The molecule has 2 heterocycles. The van der Waals surface area contributed by atoms with Crippen LogP contribution in [-0.4, -0.2) is 41.7 Å². The van der Waals surface area contributed by atoms with Gasteiger partial charge in [0.2, 0.25) is 0 Å². The van der Waals surface area contributed by atoms with Crippen LogP contribution >= 0.6 is 0 Å². The monoisotopic (exact) mass is 277 g/mol. The topological polar surface area (TPSA) is 51.4 Å². The van der Waals surface area contributed by atoms with Crippen LogP contribution in [0.3, 0.4) is 0 Å². The SMILES string of the molecule is CCOC1CCCN(C(c2cccnc2)C(N)CC)C1. The van der Waals surface area contributed by atoms with Crippen molar-refractivity contribution >= 4 is 0 Å². The van der Waals surface area contributed by atoms with Gasteiger partial charge in [-0.3, -0.25) is 9.88 Å². The normalized spacial score (nSPS) is 23.4. The Hall–Kier alpha value is -0.970. The van der Waals surface area contributed by atoms with Crippen molar-refractivity contribution in [2.75, 3.05) is 19.7 Å². The maximum atomic E-state index is 6.39. The summed E-state index contributed by atoms with van der Waals surface area (Å²) < 4.78 is 5.81. The van der Waals surface area contributed by atoms with Crippen molar-refractivity contribution < 1.29 is 4.74 Å². The van der Waals surface area contributed by atoms with Crippen LogP contribution in [0.2, 0.25) is 0 Å². The molecule has 3 unspecified atom stereocenters. The van der Waals surface area contributed by atoms with Gasteiger partial charge in [0.05, 0.1) is 12.1 Å². The van der Waals surface area contributed by atoms with Crippen LogP contribution in [0.15, 0.2) is 24.5 Å². The summed E-state index contributed by atoms with van der Waals surface area (Å²) in [6.07, 6.45) is 7.41. The highest BCUT2D eigenvalue weighted by Crippen LogP contribution is 2.28. The van der Waals surface area contributed by atoms with Gasteiger partial charge in [-0.2, -0.15) is 0 Å². The Morgan fingerprint density at radius 1 is 1.50 bits per heavy atom. The standard InChI is InChI=1S/C16H27N3O/c1-3-15(17)16(13-7-5-9-18-11-13)19-10-6-8-14(12-19)20-4-2/h5,7,9,11,14-16H,3-4,6,8,10,12,17H2,1-2H3. The molecule has 0 bridgehead atoms. The molecule has 0 aromatic carbocycles. The molecule has 1 aromatic heterocycles. The van der Waals surface area contributed by atoms with E-state index in [2.05, 4.69) is 29.8 Å². The largest absolute Gasteiger partial charge is 0.377 e. The summed E-state index contributed by atoms with van der Waals surface area (Å²) >= 11 is 0. The van der Waals surface area contributed by atoms with Gasteiger partial charge in [-0.25, -0.2) is 0 Å². The molecule has 0 aliphatic carbocycles. The maximum Gasteiger partial charge on any atom is 0.0702 e. The average Bonchev–Trinajstić information content (AvgIpc) is 2.49. The quantitative estimate of drug-likeness (QED) is 0.867. The van der Waals surface area contributed by atoms with Crippen LogP contribution in [0.4, 0.5) is 0 Å². The number of hydrogen-bond acceptors (Lipinski definition) is 4. The highest BCUT2D eigenvalue weighted by Gasteiger charge is 2.30. The number of piperidine rings is 1. The predicted octanol–water partition coefficient (Wildman–Crippen LogP) is 2.36. The van der Waals surface area contributed by atoms with E-state index >= 15 is 0 Å². The summed E-state index contributed by atoms with van der Waals surface area (Å²) in [7, 11) is 0. The molecule has 3 atom stereocenters. The highest BCUT2D eigenvalue weighted by atomic mass is 16.5. The molecular formula is C16H27N3O. The fourth-order valence-corrected chi connectivity index (χ4v) is 3.09. The summed E-state index contributed by atoms with van der Waals surface area (Å²) in [4.78, 5) is 6.74. The van der Waals surface area contributed by atoms with Crippen LogP contribution in [-0.2, 0) is 4.74 Å². The zero-order valence-corrected chi connectivity index (χ0v) is 12.7. The van der Waals surface area contributed by atoms with E-state index in [0.717, 1.165) is 32.5 Å². The van der Waals surface area contributed by atoms with Crippen molar-refractivity contribution in [2.45, 2.75) is 51.3 Å². The van der Waals surface area contributed by atoms with Gasteiger partial charge in [-0.15, -0.1) is 0 Å². The molecule has 1 aromatic rings. The second-order valence-corrected chi connectivity index (χ2v) is 5.52. The lowest BCUT2D eigenvalue weighted by Gasteiger charge is -2.40. The van der Waals surface area contributed by atoms with Gasteiger partial charge in [0.15, 0.2) is 0 Å². The van der Waals surface area contributed by atoms with Crippen LogP contribution < -0.4 is 5.73 Å². The molecule has 1 aliphatic heterocycles. The zero-order valence-electron chi connectivity index (χ0n) is 12.7. The molecule has 4 nitrogen and oxygen atoms in total. The number of hydrogen-bond donors (Lipinski definition) is 1. The van der Waals surface area contributed by atoms with Crippen LogP contribution in [0.1, 0.15) is 44.7 Å². The lowest BCUT2D eigenvalue weighted by molar-refractivity contribution is -0.0116. The van der Waals surface area contributed by atoms with Crippen molar-refractivity contribution in [1.82, 2.24) is 9.88 Å². The number of nitrogens with zero attached hydrogens (tertiary/aromatic N) is 2. The van der Waals surface area contributed by atoms with Crippen molar-refractivity contribution in [3.8, 4) is 0 Å². The molecule has 0 saturated carbocycles. The van der Waals surface area contributed by atoms with E-state index in [1.165, 1.54) is 12.0 Å². The van der Waals surface area contributed by atoms with Crippen molar-refractivity contribution in [3.63, 3.8) is 0 Å². The average molecular weight is 277 g/mol. The summed E-state index contributed by atoms with van der Waals surface area (Å²) in [5.74, 6) is 0. The Kier molecular flexibility index (Phi) is 5.95. The second kappa shape index (κ2) is 7.72.